The fourth-order valence-corrected chi connectivity index (χ4v) is 6.78. The second-order valence-electron chi connectivity index (χ2n) is 11.2. The fraction of sp³-hybridized carbons (Fsp3) is 0.571. The molecule has 41 heavy (non-hydrogen) atoms. The van der Waals surface area contributed by atoms with Crippen LogP contribution in [-0.2, 0) is 47.1 Å². The van der Waals surface area contributed by atoms with Crippen molar-refractivity contribution in [2.75, 3.05) is 13.6 Å². The fourth-order valence-electron chi connectivity index (χ4n) is 6.78. The molecular weight excluding hydrogens is 540 g/mol. The van der Waals surface area contributed by atoms with Gasteiger partial charge in [0.2, 0.25) is 5.91 Å². The Morgan fingerprint density at radius 3 is 2.63 bits per heavy atom. The van der Waals surface area contributed by atoms with Gasteiger partial charge < -0.3 is 44.9 Å². The number of aliphatic hydroxyl groups excluding tert-OH is 2. The minimum absolute atomic E-state index is 0.159. The van der Waals surface area contributed by atoms with Crippen LogP contribution in [0, 0.1) is 0 Å². The lowest BCUT2D eigenvalue weighted by molar-refractivity contribution is -0.175. The molecule has 1 spiro atoms. The Morgan fingerprint density at radius 2 is 1.98 bits per heavy atom. The van der Waals surface area contributed by atoms with Crippen molar-refractivity contribution in [3.05, 3.63) is 40.7 Å². The van der Waals surface area contributed by atoms with E-state index in [2.05, 4.69) is 4.90 Å². The van der Waals surface area contributed by atoms with Crippen LogP contribution in [0.2, 0.25) is 0 Å². The van der Waals surface area contributed by atoms with Crippen LogP contribution >= 0.6 is 0 Å². The van der Waals surface area contributed by atoms with E-state index in [1.165, 1.54) is 6.92 Å². The Bertz CT molecular complexity index is 1330. The Morgan fingerprint density at radius 1 is 1.24 bits per heavy atom. The number of carboxylic acid groups (broad SMARTS) is 1. The van der Waals surface area contributed by atoms with Crippen LogP contribution in [0.1, 0.15) is 49.8 Å². The molecule has 4 aliphatic rings. The van der Waals surface area contributed by atoms with E-state index in [0.29, 0.717) is 30.7 Å². The Balaban J connectivity index is 1.35. The highest BCUT2D eigenvalue weighted by Crippen LogP contribution is 2.64. The predicted octanol–water partition coefficient (Wildman–Crippen LogP) is -0.728. The van der Waals surface area contributed by atoms with Gasteiger partial charge >= 0.3 is 17.9 Å². The highest BCUT2D eigenvalue weighted by molar-refractivity contribution is 5.89. The smallest absolute Gasteiger partial charge is 0.352 e. The van der Waals surface area contributed by atoms with Gasteiger partial charge in [-0.05, 0) is 51.9 Å². The number of piperidine rings is 1. The molecule has 2 heterocycles. The number of rotatable bonds is 9. The minimum atomic E-state index is -1.67. The molecule has 5 N–H and O–H groups in total. The third kappa shape index (κ3) is 4.47. The summed E-state index contributed by atoms with van der Waals surface area (Å²) in [7, 11) is 1.97. The first-order valence-corrected chi connectivity index (χ1v) is 13.5. The normalized spacial score (nSPS) is 29.7. The molecule has 2 aliphatic carbocycles. The highest BCUT2D eigenvalue weighted by Gasteiger charge is 2.71. The largest absolute Gasteiger partial charge is 0.481 e. The van der Waals surface area contributed by atoms with E-state index >= 15 is 0 Å². The topological polar surface area (TPSA) is 192 Å². The molecular formula is C28H34N2O11. The van der Waals surface area contributed by atoms with Crippen molar-refractivity contribution in [1.82, 2.24) is 10.2 Å². The number of likely N-dealkylation sites (N-methyl/N-ethyl adjacent to an activating group) is 1. The maximum Gasteiger partial charge on any atom is 0.352 e. The second kappa shape index (κ2) is 10.4. The van der Waals surface area contributed by atoms with Crippen LogP contribution in [0.4, 0.5) is 0 Å². The van der Waals surface area contributed by atoms with E-state index in [1.807, 2.05) is 18.4 Å². The molecule has 13 heteroatoms. The zero-order chi connectivity index (χ0) is 29.9. The lowest BCUT2D eigenvalue weighted by atomic mass is 9.50. The minimum Gasteiger partial charge on any atom is -0.481 e. The average molecular weight is 575 g/mol. The predicted molar refractivity (Wildman–Crippen MR) is 138 cm³/mol. The van der Waals surface area contributed by atoms with Crippen LogP contribution in [-0.4, -0.2) is 98.7 Å². The molecule has 13 nitrogen and oxygen atoms in total. The lowest BCUT2D eigenvalue weighted by Gasteiger charge is -2.61. The summed E-state index contributed by atoms with van der Waals surface area (Å²) in [5.41, 5.74) is 0.274. The van der Waals surface area contributed by atoms with E-state index in [4.69, 9.17) is 14.2 Å². The van der Waals surface area contributed by atoms with E-state index in [-0.39, 0.29) is 24.8 Å². The third-order valence-electron chi connectivity index (χ3n) is 8.85. The standard InChI is InChI=1S/C28H34N2O11/c1-13(32)24(34)29-17(25(35)36)11-20(33)39-14(2)26(37)40-18-6-7-28(38)19-10-15-4-5-16(12-31)22-21(15)27(28,23(18)41-22)8-9-30(19)3/h4-6,13-14,17,19,23,31-32,38H,7-12H2,1-3H3,(H,29,34)(H,35,36)/t13-,14-,17-,19+,23-,27-,28+/m0/s1. The van der Waals surface area contributed by atoms with Crippen molar-refractivity contribution in [3.63, 3.8) is 0 Å². The SMILES string of the molecule is C[C@H](O)C(=O)N[C@@H](CC(=O)O[C@@H](C)C(=O)OC1=CC[C@@]2(O)[C@H]3Cc4ccc(CO)c5c4[C@@]2(CCN3C)[C@H]1O5)C(=O)O. The molecule has 0 radical (unpaired) electrons. The molecule has 2 bridgehead atoms. The number of carbonyl (C=O) groups excluding carboxylic acids is 3. The van der Waals surface area contributed by atoms with Crippen LogP contribution in [0.25, 0.3) is 0 Å². The molecule has 0 saturated carbocycles. The van der Waals surface area contributed by atoms with Gasteiger partial charge in [-0.25, -0.2) is 9.59 Å². The highest BCUT2D eigenvalue weighted by atomic mass is 16.6. The first kappa shape index (κ1) is 29.0. The molecule has 0 unspecified atom stereocenters. The number of aliphatic carboxylic acids is 1. The summed E-state index contributed by atoms with van der Waals surface area (Å²) in [6.45, 7) is 2.80. The van der Waals surface area contributed by atoms with Gasteiger partial charge in [-0.2, -0.15) is 0 Å². The number of nitrogens with one attached hydrogen (secondary N) is 1. The number of carboxylic acids is 1. The van der Waals surface area contributed by atoms with E-state index in [1.54, 1.807) is 12.1 Å². The zero-order valence-electron chi connectivity index (χ0n) is 23.0. The second-order valence-corrected chi connectivity index (χ2v) is 11.2. The van der Waals surface area contributed by atoms with E-state index < -0.39 is 65.6 Å². The summed E-state index contributed by atoms with van der Waals surface area (Å²) in [6, 6.07) is 1.87. The van der Waals surface area contributed by atoms with Crippen LogP contribution in [0.5, 0.6) is 5.75 Å². The van der Waals surface area contributed by atoms with Gasteiger partial charge in [0.1, 0.15) is 23.7 Å². The Labute approximate surface area is 235 Å². The van der Waals surface area contributed by atoms with Gasteiger partial charge in [0.05, 0.1) is 24.0 Å². The maximum atomic E-state index is 13.1. The van der Waals surface area contributed by atoms with Crippen molar-refractivity contribution >= 4 is 23.8 Å². The van der Waals surface area contributed by atoms with Crippen LogP contribution < -0.4 is 10.1 Å². The number of esters is 2. The van der Waals surface area contributed by atoms with Crippen molar-refractivity contribution < 1.29 is 53.8 Å². The van der Waals surface area contributed by atoms with E-state index in [9.17, 15) is 39.6 Å². The summed E-state index contributed by atoms with van der Waals surface area (Å²) in [5.74, 6) is -3.87. The molecule has 2 aliphatic heterocycles. The van der Waals surface area contributed by atoms with Gasteiger partial charge in [-0.15, -0.1) is 0 Å². The molecule has 1 amide bonds. The van der Waals surface area contributed by atoms with Crippen molar-refractivity contribution in [2.24, 2.45) is 0 Å². The van der Waals surface area contributed by atoms with Gasteiger partial charge in [0, 0.05) is 23.6 Å². The quantitative estimate of drug-likeness (QED) is 0.233. The Kier molecular flexibility index (Phi) is 7.35. The monoisotopic (exact) mass is 574 g/mol. The molecule has 0 aromatic heterocycles. The molecule has 1 aromatic rings. The van der Waals surface area contributed by atoms with Crippen molar-refractivity contribution in [1.29, 1.82) is 0 Å². The van der Waals surface area contributed by atoms with Gasteiger partial charge in [-0.3, -0.25) is 9.59 Å². The summed E-state index contributed by atoms with van der Waals surface area (Å²) in [6.07, 6.45) is -1.65. The molecule has 1 aromatic carbocycles. The number of carbonyl (C=O) groups is 4. The molecule has 1 fully saturated rings. The summed E-state index contributed by atoms with van der Waals surface area (Å²) in [4.78, 5) is 50.7. The number of ether oxygens (including phenoxy) is 3. The summed E-state index contributed by atoms with van der Waals surface area (Å²) in [5, 5.41) is 42.9. The number of benzene rings is 1. The van der Waals surface area contributed by atoms with Crippen LogP contribution in [0.3, 0.4) is 0 Å². The van der Waals surface area contributed by atoms with E-state index in [0.717, 1.165) is 18.1 Å². The summed E-state index contributed by atoms with van der Waals surface area (Å²) < 4.78 is 17.2. The van der Waals surface area contributed by atoms with Gasteiger partial charge in [0.15, 0.2) is 12.2 Å². The van der Waals surface area contributed by atoms with Crippen molar-refractivity contribution in [3.8, 4) is 5.75 Å². The molecule has 1 saturated heterocycles. The zero-order valence-corrected chi connectivity index (χ0v) is 23.0. The summed E-state index contributed by atoms with van der Waals surface area (Å²) >= 11 is 0. The third-order valence-corrected chi connectivity index (χ3v) is 8.85. The first-order valence-electron chi connectivity index (χ1n) is 13.5. The molecule has 7 atom stereocenters. The lowest BCUT2D eigenvalue weighted by Crippen LogP contribution is -2.74. The van der Waals surface area contributed by atoms with Crippen molar-refractivity contribution in [2.45, 2.75) is 87.5 Å². The number of nitrogens with zero attached hydrogens (tertiary/aromatic N) is 1. The average Bonchev–Trinajstić information content (AvgIpc) is 3.27. The van der Waals surface area contributed by atoms with Crippen LogP contribution in [0.15, 0.2) is 24.0 Å². The number of hydrogen-bond acceptors (Lipinski definition) is 11. The maximum absolute atomic E-state index is 13.1. The first-order chi connectivity index (χ1) is 19.3. The number of likely N-dealkylation sites (tertiary alicyclic amines) is 1. The van der Waals surface area contributed by atoms with Gasteiger partial charge in [0.25, 0.3) is 0 Å². The number of hydrogen-bond donors (Lipinski definition) is 5. The molecule has 222 valence electrons. The Hall–Kier alpha value is -3.52. The number of amides is 1. The molecule has 5 rings (SSSR count). The van der Waals surface area contributed by atoms with Gasteiger partial charge in [-0.1, -0.05) is 12.1 Å². The number of aliphatic hydroxyl groups is 3.